The van der Waals surface area contributed by atoms with Crippen LogP contribution >= 0.6 is 0 Å². The fraction of sp³-hybridized carbons (Fsp3) is 0.520. The van der Waals surface area contributed by atoms with E-state index in [1.54, 1.807) is 0 Å². The number of piperazine rings is 1. The van der Waals surface area contributed by atoms with Crippen molar-refractivity contribution in [3.8, 4) is 5.75 Å². The number of carbonyl (C=O) groups excluding carboxylic acids is 2. The number of rotatable bonds is 8. The molecule has 0 N–H and O–H groups in total. The molecule has 0 spiro atoms. The molecule has 3 heterocycles. The Morgan fingerprint density at radius 2 is 1.53 bits per heavy atom. The van der Waals surface area contributed by atoms with Gasteiger partial charge in [0.25, 0.3) is 11.8 Å². The minimum absolute atomic E-state index is 0.148. The maximum absolute atomic E-state index is 13.2. The van der Waals surface area contributed by atoms with E-state index >= 15 is 0 Å². The molecule has 2 amide bonds. The fourth-order valence-corrected chi connectivity index (χ4v) is 4.88. The molecule has 0 radical (unpaired) electrons. The van der Waals surface area contributed by atoms with E-state index in [9.17, 15) is 9.59 Å². The molecule has 2 aliphatic rings. The molecule has 32 heavy (non-hydrogen) atoms. The first kappa shape index (κ1) is 22.4. The lowest BCUT2D eigenvalue weighted by Gasteiger charge is -2.37. The third kappa shape index (κ3) is 3.90. The van der Waals surface area contributed by atoms with Gasteiger partial charge in [-0.25, -0.2) is 0 Å². The molecule has 0 saturated carbocycles. The maximum atomic E-state index is 13.2. The van der Waals surface area contributed by atoms with Crippen molar-refractivity contribution in [3.05, 3.63) is 46.8 Å². The summed E-state index contributed by atoms with van der Waals surface area (Å²) in [5.41, 5.74) is 4.15. The fourth-order valence-electron chi connectivity index (χ4n) is 4.88. The number of benzene rings is 1. The minimum atomic E-state index is -0.148. The lowest BCUT2D eigenvalue weighted by atomic mass is 10.1. The van der Waals surface area contributed by atoms with E-state index < -0.39 is 0 Å². The number of anilines is 1. The van der Waals surface area contributed by atoms with Crippen LogP contribution in [0.1, 0.15) is 58.8 Å². The van der Waals surface area contributed by atoms with Gasteiger partial charge in [-0.05, 0) is 39.3 Å². The summed E-state index contributed by atoms with van der Waals surface area (Å²) in [5.74, 6) is 0.605. The third-order valence-corrected chi connectivity index (χ3v) is 6.66. The molecule has 2 aromatic rings. The smallest absolute Gasteiger partial charge is 0.264 e. The van der Waals surface area contributed by atoms with E-state index in [2.05, 4.69) is 27.4 Å². The van der Waals surface area contributed by atoms with Gasteiger partial charge in [0, 0.05) is 44.1 Å². The van der Waals surface area contributed by atoms with Crippen LogP contribution in [-0.4, -0.2) is 65.6 Å². The van der Waals surface area contributed by atoms with E-state index in [1.807, 2.05) is 39.0 Å². The van der Waals surface area contributed by atoms with Crippen LogP contribution in [-0.2, 0) is 6.54 Å². The quantitative estimate of drug-likeness (QED) is 0.589. The summed E-state index contributed by atoms with van der Waals surface area (Å²) in [6.45, 7) is 13.1. The van der Waals surface area contributed by atoms with Crippen molar-refractivity contribution < 1.29 is 14.3 Å². The Kier molecular flexibility index (Phi) is 6.55. The van der Waals surface area contributed by atoms with Crippen LogP contribution in [0.4, 0.5) is 5.69 Å². The molecule has 172 valence electrons. The molecule has 1 saturated heterocycles. The lowest BCUT2D eigenvalue weighted by molar-refractivity contribution is 0.0533. The number of hydrogen-bond donors (Lipinski definition) is 0. The van der Waals surface area contributed by atoms with Gasteiger partial charge in [0.2, 0.25) is 0 Å². The molecule has 0 unspecified atom stereocenters. The van der Waals surface area contributed by atoms with Crippen LogP contribution in [0.15, 0.2) is 24.3 Å². The van der Waals surface area contributed by atoms with Crippen LogP contribution in [0.5, 0.6) is 5.75 Å². The number of carbonyl (C=O) groups is 2. The Labute approximate surface area is 190 Å². The largest absolute Gasteiger partial charge is 0.492 e. The molecular weight excluding hydrogens is 404 g/mol. The van der Waals surface area contributed by atoms with Gasteiger partial charge in [-0.15, -0.1) is 0 Å². The van der Waals surface area contributed by atoms with Gasteiger partial charge >= 0.3 is 0 Å². The van der Waals surface area contributed by atoms with Crippen molar-refractivity contribution in [2.75, 3.05) is 44.4 Å². The second-order valence-corrected chi connectivity index (χ2v) is 8.61. The molecule has 2 aliphatic heterocycles. The van der Waals surface area contributed by atoms with Crippen molar-refractivity contribution in [1.82, 2.24) is 14.4 Å². The van der Waals surface area contributed by atoms with E-state index in [0.29, 0.717) is 24.4 Å². The second kappa shape index (κ2) is 9.36. The zero-order valence-corrected chi connectivity index (χ0v) is 19.7. The predicted octanol–water partition coefficient (Wildman–Crippen LogP) is 3.68. The Balaban J connectivity index is 1.42. The van der Waals surface area contributed by atoms with Crippen LogP contribution < -0.4 is 9.64 Å². The molecule has 0 aliphatic carbocycles. The molecule has 1 fully saturated rings. The van der Waals surface area contributed by atoms with Gasteiger partial charge in [-0.3, -0.25) is 19.4 Å². The van der Waals surface area contributed by atoms with E-state index in [1.165, 1.54) is 4.90 Å². The summed E-state index contributed by atoms with van der Waals surface area (Å²) in [4.78, 5) is 32.3. The average molecular weight is 439 g/mol. The van der Waals surface area contributed by atoms with E-state index in [0.717, 1.165) is 68.4 Å². The predicted molar refractivity (Wildman–Crippen MR) is 126 cm³/mol. The number of imide groups is 1. The Morgan fingerprint density at radius 3 is 2.12 bits per heavy atom. The first-order valence-corrected chi connectivity index (χ1v) is 11.7. The number of aromatic nitrogens is 1. The number of hydrogen-bond acceptors (Lipinski definition) is 5. The topological polar surface area (TPSA) is 58.0 Å². The summed E-state index contributed by atoms with van der Waals surface area (Å²) < 4.78 is 7.92. The number of fused-ring (bicyclic) bond motifs is 1. The van der Waals surface area contributed by atoms with Gasteiger partial charge in [0.15, 0.2) is 0 Å². The van der Waals surface area contributed by atoms with Crippen molar-refractivity contribution in [3.63, 3.8) is 0 Å². The highest BCUT2D eigenvalue weighted by molar-refractivity contribution is 6.22. The Hall–Kier alpha value is -2.80. The summed E-state index contributed by atoms with van der Waals surface area (Å²) in [5, 5.41) is 0. The van der Waals surface area contributed by atoms with Gasteiger partial charge in [0.1, 0.15) is 5.75 Å². The normalized spacial score (nSPS) is 16.8. The summed E-state index contributed by atoms with van der Waals surface area (Å²) in [7, 11) is 0. The number of amides is 2. The summed E-state index contributed by atoms with van der Waals surface area (Å²) in [6, 6.07) is 8.11. The minimum Gasteiger partial charge on any atom is -0.492 e. The second-order valence-electron chi connectivity index (χ2n) is 8.61. The van der Waals surface area contributed by atoms with Crippen molar-refractivity contribution in [2.24, 2.45) is 0 Å². The first-order chi connectivity index (χ1) is 15.5. The standard InChI is InChI=1S/C25H34N4O3/c1-5-7-12-28-18(3)22-23(19(28)4)25(31)29(24(22)30)17-26-13-15-27(16-14-26)20-10-8-9-11-21(20)32-6-2/h8-11H,5-7,12-17H2,1-4H3. The monoisotopic (exact) mass is 438 g/mol. The SMILES string of the molecule is CCCCn1c(C)c2c(c1C)C(=O)N(CN1CCN(c3ccccc3OCC)CC1)C2=O. The summed E-state index contributed by atoms with van der Waals surface area (Å²) in [6.07, 6.45) is 2.12. The highest BCUT2D eigenvalue weighted by Crippen LogP contribution is 2.32. The molecule has 4 rings (SSSR count). The van der Waals surface area contributed by atoms with Gasteiger partial charge in [-0.1, -0.05) is 25.5 Å². The van der Waals surface area contributed by atoms with Gasteiger partial charge < -0.3 is 14.2 Å². The number of nitrogens with zero attached hydrogens (tertiary/aromatic N) is 4. The Morgan fingerprint density at radius 1 is 0.906 bits per heavy atom. The zero-order valence-electron chi connectivity index (χ0n) is 19.7. The van der Waals surface area contributed by atoms with Crippen molar-refractivity contribution in [1.29, 1.82) is 0 Å². The third-order valence-electron chi connectivity index (χ3n) is 6.66. The van der Waals surface area contributed by atoms with Crippen LogP contribution in [0.3, 0.4) is 0 Å². The number of unbranched alkanes of at least 4 members (excludes halogenated alkanes) is 1. The number of para-hydroxylation sites is 2. The zero-order chi connectivity index (χ0) is 22.8. The lowest BCUT2D eigenvalue weighted by Crippen LogP contribution is -2.51. The molecule has 7 nitrogen and oxygen atoms in total. The van der Waals surface area contributed by atoms with Crippen molar-refractivity contribution in [2.45, 2.75) is 47.1 Å². The van der Waals surface area contributed by atoms with E-state index in [-0.39, 0.29) is 11.8 Å². The van der Waals surface area contributed by atoms with Crippen LogP contribution in [0.2, 0.25) is 0 Å². The molecule has 0 atom stereocenters. The van der Waals surface area contributed by atoms with Crippen LogP contribution in [0.25, 0.3) is 0 Å². The number of ether oxygens (including phenoxy) is 1. The molecule has 1 aromatic heterocycles. The molecule has 7 heteroatoms. The highest BCUT2D eigenvalue weighted by Gasteiger charge is 2.41. The van der Waals surface area contributed by atoms with Gasteiger partial charge in [0.05, 0.1) is 30.1 Å². The van der Waals surface area contributed by atoms with Crippen molar-refractivity contribution >= 4 is 17.5 Å². The molecule has 0 bridgehead atoms. The first-order valence-electron chi connectivity index (χ1n) is 11.7. The average Bonchev–Trinajstić information content (AvgIpc) is 3.19. The summed E-state index contributed by atoms with van der Waals surface area (Å²) >= 11 is 0. The maximum Gasteiger partial charge on any atom is 0.264 e. The van der Waals surface area contributed by atoms with Crippen LogP contribution in [0, 0.1) is 13.8 Å². The molecular formula is C25H34N4O3. The highest BCUT2D eigenvalue weighted by atomic mass is 16.5. The molecule has 1 aromatic carbocycles. The van der Waals surface area contributed by atoms with E-state index in [4.69, 9.17) is 4.74 Å². The van der Waals surface area contributed by atoms with Gasteiger partial charge in [-0.2, -0.15) is 0 Å². The Bertz CT molecular complexity index is 965.